The number of methoxy groups -OCH3 is 1. The molecule has 1 aliphatic heterocycles. The van der Waals surface area contributed by atoms with Gasteiger partial charge in [0.05, 0.1) is 28.9 Å². The van der Waals surface area contributed by atoms with Gasteiger partial charge in [-0.15, -0.1) is 11.3 Å². The molecule has 7 nitrogen and oxygen atoms in total. The topological polar surface area (TPSA) is 70.6 Å². The summed E-state index contributed by atoms with van der Waals surface area (Å²) in [6, 6.07) is 16.0. The van der Waals surface area contributed by atoms with Crippen molar-refractivity contribution in [1.82, 2.24) is 20.2 Å². The number of benzene rings is 2. The highest BCUT2D eigenvalue weighted by Crippen LogP contribution is 2.38. The first-order valence-corrected chi connectivity index (χ1v) is 13.0. The fraction of sp³-hybridized carbons (Fsp3) is 0.321. The summed E-state index contributed by atoms with van der Waals surface area (Å²) in [5, 5.41) is 3.15. The van der Waals surface area contributed by atoms with E-state index in [2.05, 4.69) is 34.0 Å². The number of hydrogen-bond acceptors (Lipinski definition) is 6. The van der Waals surface area contributed by atoms with E-state index in [0.717, 1.165) is 37.8 Å². The van der Waals surface area contributed by atoms with Crippen molar-refractivity contribution < 1.29 is 13.9 Å². The summed E-state index contributed by atoms with van der Waals surface area (Å²) < 4.78 is 19.7. The van der Waals surface area contributed by atoms with E-state index in [0.29, 0.717) is 19.6 Å². The second-order valence-corrected chi connectivity index (χ2v) is 10.9. The molecule has 0 bridgehead atoms. The average molecular weight is 520 g/mol. The zero-order valence-corrected chi connectivity index (χ0v) is 22.2. The van der Waals surface area contributed by atoms with Crippen LogP contribution in [0.2, 0.25) is 0 Å². The molecule has 5 rings (SSSR count). The van der Waals surface area contributed by atoms with Gasteiger partial charge in [0.2, 0.25) is 0 Å². The number of aromatic nitrogens is 2. The maximum absolute atomic E-state index is 13.4. The molecule has 4 aromatic rings. The lowest BCUT2D eigenvalue weighted by atomic mass is 9.99. The van der Waals surface area contributed by atoms with Crippen molar-refractivity contribution in [2.24, 2.45) is 0 Å². The van der Waals surface area contributed by atoms with Crippen LogP contribution in [0.3, 0.4) is 0 Å². The van der Waals surface area contributed by atoms with Gasteiger partial charge in [-0.1, -0.05) is 24.3 Å². The molecular weight excluding hydrogens is 489 g/mol. The quantitative estimate of drug-likeness (QED) is 0.357. The van der Waals surface area contributed by atoms with Crippen molar-refractivity contribution >= 4 is 33.4 Å². The van der Waals surface area contributed by atoms with Gasteiger partial charge < -0.3 is 19.9 Å². The molecule has 1 atom stereocenters. The van der Waals surface area contributed by atoms with E-state index in [9.17, 15) is 9.18 Å². The molecule has 1 saturated heterocycles. The molecule has 2 aromatic heterocycles. The van der Waals surface area contributed by atoms with Crippen LogP contribution in [0, 0.1) is 5.82 Å². The van der Waals surface area contributed by atoms with E-state index in [1.807, 2.05) is 42.2 Å². The molecule has 192 valence electrons. The van der Waals surface area contributed by atoms with Crippen LogP contribution in [-0.2, 0) is 0 Å². The van der Waals surface area contributed by atoms with Crippen LogP contribution in [0.1, 0.15) is 32.4 Å². The van der Waals surface area contributed by atoms with Gasteiger partial charge in [0.15, 0.2) is 0 Å². The van der Waals surface area contributed by atoms with E-state index >= 15 is 0 Å². The van der Waals surface area contributed by atoms with Crippen molar-refractivity contribution in [2.75, 3.05) is 31.6 Å². The fourth-order valence-electron chi connectivity index (χ4n) is 4.79. The van der Waals surface area contributed by atoms with E-state index < -0.39 is 5.54 Å². The molecule has 0 saturated carbocycles. The highest BCUT2D eigenvalue weighted by atomic mass is 32.1. The van der Waals surface area contributed by atoms with Crippen LogP contribution >= 0.6 is 11.3 Å². The average Bonchev–Trinajstić information content (AvgIpc) is 3.33. The molecule has 9 heteroatoms. The first-order chi connectivity index (χ1) is 17.7. The summed E-state index contributed by atoms with van der Waals surface area (Å²) in [5.74, 6) is 1.37. The summed E-state index contributed by atoms with van der Waals surface area (Å²) in [6.07, 6.45) is 1.58. The summed E-state index contributed by atoms with van der Waals surface area (Å²) >= 11 is 1.60. The van der Waals surface area contributed by atoms with Gasteiger partial charge >= 0.3 is 6.03 Å². The summed E-state index contributed by atoms with van der Waals surface area (Å²) in [7, 11) is 1.63. The fourth-order valence-corrected chi connectivity index (χ4v) is 5.93. The summed E-state index contributed by atoms with van der Waals surface area (Å²) in [5.41, 5.74) is 2.37. The number of urea groups is 1. The SMILES string of the molecule is COc1cccc([C@H](C)NC(=O)N2CCN(c3ncnc4cc(-c5ccc(F)cc5)sc34)CC2(C)C)c1. The first kappa shape index (κ1) is 25.0. The highest BCUT2D eigenvalue weighted by molar-refractivity contribution is 7.22. The number of thiophene rings is 1. The van der Waals surface area contributed by atoms with Crippen LogP contribution in [0.15, 0.2) is 60.9 Å². The number of halogens is 1. The third-order valence-corrected chi connectivity index (χ3v) is 7.97. The second kappa shape index (κ2) is 9.97. The van der Waals surface area contributed by atoms with Gasteiger partial charge in [0.1, 0.15) is 23.7 Å². The van der Waals surface area contributed by atoms with Gasteiger partial charge in [-0.3, -0.25) is 0 Å². The number of hydrogen-bond donors (Lipinski definition) is 1. The number of carbonyl (C=O) groups is 1. The van der Waals surface area contributed by atoms with Crippen molar-refractivity contribution in [3.63, 3.8) is 0 Å². The number of ether oxygens (including phenoxy) is 1. The molecule has 2 aromatic carbocycles. The van der Waals surface area contributed by atoms with Gasteiger partial charge in [-0.2, -0.15) is 0 Å². The van der Waals surface area contributed by atoms with Gasteiger partial charge in [-0.05, 0) is 62.2 Å². The molecule has 1 fully saturated rings. The number of carbonyl (C=O) groups excluding carboxylic acids is 1. The van der Waals surface area contributed by atoms with E-state index in [4.69, 9.17) is 4.74 Å². The molecule has 0 unspecified atom stereocenters. The van der Waals surface area contributed by atoms with Crippen molar-refractivity contribution in [1.29, 1.82) is 0 Å². The van der Waals surface area contributed by atoms with Crippen LogP contribution in [-0.4, -0.2) is 53.2 Å². The van der Waals surface area contributed by atoms with Crippen molar-refractivity contribution in [2.45, 2.75) is 32.4 Å². The third kappa shape index (κ3) is 5.09. The van der Waals surface area contributed by atoms with E-state index in [-0.39, 0.29) is 17.9 Å². The molecule has 3 heterocycles. The van der Waals surface area contributed by atoms with Gasteiger partial charge in [0.25, 0.3) is 0 Å². The first-order valence-electron chi connectivity index (χ1n) is 12.2. The van der Waals surface area contributed by atoms with Gasteiger partial charge in [-0.25, -0.2) is 19.2 Å². The van der Waals surface area contributed by atoms with Gasteiger partial charge in [0, 0.05) is 24.5 Å². The number of anilines is 1. The molecule has 0 spiro atoms. The standard InChI is InChI=1S/C28H30FN5O2S/c1-18(20-6-5-7-22(14-20)36-4)32-27(35)34-13-12-33(16-28(34,2)3)26-25-23(30-17-31-26)15-24(37-25)19-8-10-21(29)11-9-19/h5-11,14-15,17-18H,12-13,16H2,1-4H3,(H,32,35)/t18-/m0/s1. The Hall–Kier alpha value is -3.72. The largest absolute Gasteiger partial charge is 0.497 e. The summed E-state index contributed by atoms with van der Waals surface area (Å²) in [6.45, 7) is 7.97. The smallest absolute Gasteiger partial charge is 0.318 e. The Bertz CT molecular complexity index is 1420. The second-order valence-electron chi connectivity index (χ2n) is 9.86. The molecule has 1 aliphatic rings. The predicted molar refractivity (Wildman–Crippen MR) is 146 cm³/mol. The lowest BCUT2D eigenvalue weighted by molar-refractivity contribution is 0.121. The molecular formula is C28H30FN5O2S. The highest BCUT2D eigenvalue weighted by Gasteiger charge is 2.38. The Morgan fingerprint density at radius 3 is 2.65 bits per heavy atom. The minimum absolute atomic E-state index is 0.0949. The Balaban J connectivity index is 1.33. The van der Waals surface area contributed by atoms with E-state index in [1.54, 1.807) is 36.9 Å². The zero-order valence-electron chi connectivity index (χ0n) is 21.4. The van der Waals surface area contributed by atoms with E-state index in [1.165, 1.54) is 12.1 Å². The lowest BCUT2D eigenvalue weighted by Crippen LogP contribution is -2.63. The minimum atomic E-state index is -0.426. The van der Waals surface area contributed by atoms with Crippen LogP contribution < -0.4 is 15.0 Å². The molecule has 37 heavy (non-hydrogen) atoms. The maximum atomic E-state index is 13.4. The Morgan fingerprint density at radius 1 is 1.14 bits per heavy atom. The maximum Gasteiger partial charge on any atom is 0.318 e. The lowest BCUT2D eigenvalue weighted by Gasteiger charge is -2.47. The molecule has 1 N–H and O–H groups in total. The third-order valence-electron chi connectivity index (χ3n) is 6.80. The monoisotopic (exact) mass is 519 g/mol. The normalized spacial score (nSPS) is 16.0. The molecule has 0 radical (unpaired) electrons. The zero-order chi connectivity index (χ0) is 26.2. The molecule has 0 aliphatic carbocycles. The van der Waals surface area contributed by atoms with Crippen LogP contribution in [0.25, 0.3) is 20.7 Å². The Labute approximate surface area is 219 Å². The van der Waals surface area contributed by atoms with Crippen molar-refractivity contribution in [3.8, 4) is 16.2 Å². The number of piperazine rings is 1. The molecule has 2 amide bonds. The van der Waals surface area contributed by atoms with Crippen molar-refractivity contribution in [3.05, 3.63) is 72.3 Å². The van der Waals surface area contributed by atoms with Crippen LogP contribution in [0.4, 0.5) is 15.0 Å². The number of nitrogens with one attached hydrogen (secondary N) is 1. The number of amides is 2. The predicted octanol–water partition coefficient (Wildman–Crippen LogP) is 5.88. The number of fused-ring (bicyclic) bond motifs is 1. The number of nitrogens with zero attached hydrogens (tertiary/aromatic N) is 4. The number of rotatable bonds is 5. The van der Waals surface area contributed by atoms with Crippen LogP contribution in [0.5, 0.6) is 5.75 Å². The Kier molecular flexibility index (Phi) is 6.72. The summed E-state index contributed by atoms with van der Waals surface area (Å²) in [4.78, 5) is 27.5. The minimum Gasteiger partial charge on any atom is -0.497 e. The Morgan fingerprint density at radius 2 is 1.92 bits per heavy atom.